The van der Waals surface area contributed by atoms with Crippen LogP contribution in [0.4, 0.5) is 17.6 Å². The number of ketones is 1. The minimum absolute atomic E-state index is 0.0747. The monoisotopic (exact) mass is 527 g/mol. The van der Waals surface area contributed by atoms with Crippen molar-refractivity contribution in [1.29, 1.82) is 5.41 Å². The average molecular weight is 528 g/mol. The van der Waals surface area contributed by atoms with E-state index in [4.69, 9.17) is 5.41 Å². The Labute approximate surface area is 218 Å². The number of aliphatic hydroxyl groups excluding tert-OH is 1. The van der Waals surface area contributed by atoms with Gasteiger partial charge in [-0.1, -0.05) is 56.0 Å². The minimum Gasteiger partial charge on any atom is -0.389 e. The maximum Gasteiger partial charge on any atom is 0.407 e. The number of halogens is 4. The van der Waals surface area contributed by atoms with Gasteiger partial charge in [0.15, 0.2) is 5.78 Å². The Morgan fingerprint density at radius 2 is 1.92 bits per heavy atom. The second kappa shape index (κ2) is 11.7. The van der Waals surface area contributed by atoms with Crippen LogP contribution in [0.25, 0.3) is 0 Å². The molecule has 3 N–H and O–H groups in total. The molecule has 0 fully saturated rings. The lowest BCUT2D eigenvalue weighted by Crippen LogP contribution is -2.19. The number of fused-ring (bicyclic) bond motifs is 1. The summed E-state index contributed by atoms with van der Waals surface area (Å²) in [4.78, 5) is 20.2. The molecule has 200 valence electrons. The quantitative estimate of drug-likeness (QED) is 0.160. The van der Waals surface area contributed by atoms with Crippen LogP contribution < -0.4 is 0 Å². The first kappa shape index (κ1) is 28.7. The molecule has 5 nitrogen and oxygen atoms in total. The number of carbonyl (C=O) groups excluding carboxylic acids is 1. The molecule has 0 bridgehead atoms. The first-order chi connectivity index (χ1) is 17.8. The fourth-order valence-electron chi connectivity index (χ4n) is 4.06. The minimum atomic E-state index is -4.58. The average Bonchev–Trinajstić information content (AvgIpc) is 3.23. The Kier molecular flexibility index (Phi) is 8.83. The molecule has 1 heterocycles. The molecule has 1 aliphatic rings. The van der Waals surface area contributed by atoms with Gasteiger partial charge in [-0.3, -0.25) is 9.79 Å². The molecule has 0 saturated heterocycles. The predicted octanol–water partition coefficient (Wildman–Crippen LogP) is 6.44. The van der Waals surface area contributed by atoms with Gasteiger partial charge in [-0.25, -0.2) is 4.39 Å². The zero-order valence-corrected chi connectivity index (χ0v) is 21.2. The van der Waals surface area contributed by atoms with Gasteiger partial charge in [-0.05, 0) is 30.6 Å². The molecular formula is C29H29F4N3O2. The zero-order chi connectivity index (χ0) is 28.2. The SMILES string of the molecule is C=C1/C=C/C(=C)C(=NCC(F)(F)F)c2c(C(=O)c3cccc(C(=N)CC(O)C=C(C)CC)c3F)c[nH]c2C1. The van der Waals surface area contributed by atoms with Gasteiger partial charge in [0, 0.05) is 47.1 Å². The van der Waals surface area contributed by atoms with Crippen molar-refractivity contribution >= 4 is 17.2 Å². The highest BCUT2D eigenvalue weighted by Crippen LogP contribution is 2.29. The Morgan fingerprint density at radius 1 is 1.24 bits per heavy atom. The van der Waals surface area contributed by atoms with Crippen molar-refractivity contribution in [2.24, 2.45) is 4.99 Å². The molecular weight excluding hydrogens is 498 g/mol. The summed E-state index contributed by atoms with van der Waals surface area (Å²) in [5, 5.41) is 18.6. The van der Waals surface area contributed by atoms with Crippen molar-refractivity contribution in [1.82, 2.24) is 4.98 Å². The van der Waals surface area contributed by atoms with E-state index in [1.807, 2.05) is 13.8 Å². The van der Waals surface area contributed by atoms with E-state index in [-0.39, 0.29) is 52.1 Å². The van der Waals surface area contributed by atoms with Crippen molar-refractivity contribution in [3.05, 3.63) is 106 Å². The van der Waals surface area contributed by atoms with E-state index >= 15 is 4.39 Å². The smallest absolute Gasteiger partial charge is 0.389 e. The molecule has 0 saturated carbocycles. The van der Waals surface area contributed by atoms with Gasteiger partial charge in [0.05, 0.1) is 17.4 Å². The summed E-state index contributed by atoms with van der Waals surface area (Å²) in [6, 6.07) is 4.00. The van der Waals surface area contributed by atoms with Crippen LogP contribution in [0.3, 0.4) is 0 Å². The Bertz CT molecular complexity index is 1380. The Morgan fingerprint density at radius 3 is 2.58 bits per heavy atom. The summed E-state index contributed by atoms with van der Waals surface area (Å²) in [6.45, 7) is 9.98. The van der Waals surface area contributed by atoms with Gasteiger partial charge in [0.1, 0.15) is 12.4 Å². The third kappa shape index (κ3) is 6.72. The van der Waals surface area contributed by atoms with E-state index in [2.05, 4.69) is 23.1 Å². The molecule has 1 aromatic heterocycles. The maximum absolute atomic E-state index is 15.6. The summed E-state index contributed by atoms with van der Waals surface area (Å²) in [5.74, 6) is -1.75. The van der Waals surface area contributed by atoms with Crippen molar-refractivity contribution in [2.45, 2.75) is 45.4 Å². The third-order valence-electron chi connectivity index (χ3n) is 6.10. The standard InChI is InChI=1S/C29H29F4N3O2/c1-5-16(2)11-19(37)13-23(34)20-7-6-8-21(26(20)30)28(38)22-14-35-24-12-17(3)9-10-18(4)27(25(22)24)36-15-29(31,32)33/h6-11,14,19,34-35,37H,3-5,12-13,15H2,1-2H3/b10-9+,16-11?,34-23?,36-27?. The van der Waals surface area contributed by atoms with Crippen LogP contribution in [0.15, 0.2) is 77.5 Å². The molecule has 0 spiro atoms. The molecule has 1 unspecified atom stereocenters. The number of hydrogen-bond donors (Lipinski definition) is 3. The summed E-state index contributed by atoms with van der Waals surface area (Å²) >= 11 is 0. The summed E-state index contributed by atoms with van der Waals surface area (Å²) < 4.78 is 54.7. The fourth-order valence-corrected chi connectivity index (χ4v) is 4.06. The highest BCUT2D eigenvalue weighted by molar-refractivity contribution is 6.23. The van der Waals surface area contributed by atoms with Crippen LogP contribution in [0.5, 0.6) is 0 Å². The molecule has 1 aliphatic carbocycles. The van der Waals surface area contributed by atoms with E-state index < -0.39 is 30.4 Å². The molecule has 9 heteroatoms. The van der Waals surface area contributed by atoms with Crippen LogP contribution in [-0.2, 0) is 6.42 Å². The molecule has 3 rings (SSSR count). The lowest BCUT2D eigenvalue weighted by molar-refractivity contribution is -0.118. The van der Waals surface area contributed by atoms with E-state index in [9.17, 15) is 23.1 Å². The summed E-state index contributed by atoms with van der Waals surface area (Å²) in [7, 11) is 0. The van der Waals surface area contributed by atoms with Gasteiger partial charge in [-0.15, -0.1) is 0 Å². The van der Waals surface area contributed by atoms with Crippen molar-refractivity contribution in [3.63, 3.8) is 0 Å². The number of alkyl halides is 3. The number of aromatic nitrogens is 1. The molecule has 1 aromatic carbocycles. The molecule has 1 atom stereocenters. The molecule has 0 amide bonds. The number of aliphatic imine (C=N–C) groups is 1. The van der Waals surface area contributed by atoms with E-state index in [1.54, 1.807) is 12.2 Å². The fraction of sp³-hybridized carbons (Fsp3) is 0.276. The first-order valence-electron chi connectivity index (χ1n) is 12.0. The number of allylic oxidation sites excluding steroid dienone is 5. The number of rotatable bonds is 8. The largest absolute Gasteiger partial charge is 0.407 e. The van der Waals surface area contributed by atoms with Crippen LogP contribution >= 0.6 is 0 Å². The van der Waals surface area contributed by atoms with E-state index in [0.717, 1.165) is 5.57 Å². The number of nitrogens with zero attached hydrogens (tertiary/aromatic N) is 1. The highest BCUT2D eigenvalue weighted by Gasteiger charge is 2.30. The van der Waals surface area contributed by atoms with Crippen molar-refractivity contribution in [2.75, 3.05) is 6.54 Å². The normalized spacial score (nSPS) is 17.1. The van der Waals surface area contributed by atoms with Gasteiger partial charge in [0.25, 0.3) is 0 Å². The number of aliphatic hydroxyl groups is 1. The summed E-state index contributed by atoms with van der Waals surface area (Å²) in [6.07, 6.45) is 1.16. The number of hydrogen-bond acceptors (Lipinski definition) is 4. The number of aromatic amines is 1. The van der Waals surface area contributed by atoms with Gasteiger partial charge >= 0.3 is 6.18 Å². The van der Waals surface area contributed by atoms with Crippen LogP contribution in [0.2, 0.25) is 0 Å². The maximum atomic E-state index is 15.6. The third-order valence-corrected chi connectivity index (χ3v) is 6.10. The number of benzene rings is 1. The van der Waals surface area contributed by atoms with Gasteiger partial charge in [0.2, 0.25) is 0 Å². The number of H-pyrrole nitrogens is 1. The zero-order valence-electron chi connectivity index (χ0n) is 21.2. The molecule has 0 radical (unpaired) electrons. The van der Waals surface area contributed by atoms with Crippen molar-refractivity contribution in [3.8, 4) is 0 Å². The van der Waals surface area contributed by atoms with Crippen LogP contribution in [0, 0.1) is 11.2 Å². The topological polar surface area (TPSA) is 89.3 Å². The number of carbonyl (C=O) groups is 1. The van der Waals surface area contributed by atoms with Crippen LogP contribution in [0.1, 0.15) is 59.4 Å². The Hall–Kier alpha value is -3.85. The van der Waals surface area contributed by atoms with Gasteiger partial charge < -0.3 is 15.5 Å². The lowest BCUT2D eigenvalue weighted by Gasteiger charge is -2.16. The number of nitrogens with one attached hydrogen (secondary N) is 2. The predicted molar refractivity (Wildman–Crippen MR) is 141 cm³/mol. The Balaban J connectivity index is 2.06. The first-order valence-corrected chi connectivity index (χ1v) is 12.0. The second-order valence-electron chi connectivity index (χ2n) is 9.14. The van der Waals surface area contributed by atoms with Crippen LogP contribution in [-0.4, -0.2) is 46.1 Å². The molecule has 2 aromatic rings. The summed E-state index contributed by atoms with van der Waals surface area (Å²) in [5.41, 5.74) is 1.27. The molecule has 38 heavy (non-hydrogen) atoms. The van der Waals surface area contributed by atoms with E-state index in [1.165, 1.54) is 30.5 Å². The van der Waals surface area contributed by atoms with Gasteiger partial charge in [-0.2, -0.15) is 13.2 Å². The van der Waals surface area contributed by atoms with Crippen molar-refractivity contribution < 1.29 is 27.5 Å². The lowest BCUT2D eigenvalue weighted by atomic mass is 9.90. The van der Waals surface area contributed by atoms with E-state index in [0.29, 0.717) is 17.7 Å². The second-order valence-corrected chi connectivity index (χ2v) is 9.14. The highest BCUT2D eigenvalue weighted by atomic mass is 19.4. The molecule has 0 aliphatic heterocycles.